The molecule has 5 nitrogen and oxygen atoms in total. The van der Waals surface area contributed by atoms with E-state index in [2.05, 4.69) is 0 Å². The molecule has 1 atom stereocenters. The number of unbranched alkanes of at least 4 members (excludes halogenated alkanes) is 2. The van der Waals surface area contributed by atoms with Crippen molar-refractivity contribution in [3.05, 3.63) is 5.92 Å². The van der Waals surface area contributed by atoms with E-state index in [0.29, 0.717) is 13.1 Å². The summed E-state index contributed by atoms with van der Waals surface area (Å²) in [5.74, 6) is 0.835. The van der Waals surface area contributed by atoms with Gasteiger partial charge in [0.2, 0.25) is 5.91 Å². The number of hydrogen-bond acceptors (Lipinski definition) is 4. The molecular formula is C14H30N3O2. The third-order valence-corrected chi connectivity index (χ3v) is 3.33. The first-order chi connectivity index (χ1) is 9.08. The Hall–Kier alpha value is -0.650. The number of aliphatic hydroxyl groups excluding tert-OH is 1. The molecule has 0 aliphatic carbocycles. The summed E-state index contributed by atoms with van der Waals surface area (Å²) in [6.45, 7) is 1.28. The van der Waals surface area contributed by atoms with Crippen molar-refractivity contribution in [2.45, 2.75) is 38.5 Å². The second-order valence-electron chi connectivity index (χ2n) is 5.13. The average Bonchev–Trinajstić information content (AvgIpc) is 2.40. The Morgan fingerprint density at radius 1 is 1.11 bits per heavy atom. The zero-order valence-electron chi connectivity index (χ0n) is 12.4. The van der Waals surface area contributed by atoms with Gasteiger partial charge in [0, 0.05) is 25.9 Å². The molecule has 0 aromatic heterocycles. The Labute approximate surface area is 117 Å². The van der Waals surface area contributed by atoms with Crippen LogP contribution in [0.1, 0.15) is 38.5 Å². The lowest BCUT2D eigenvalue weighted by Gasteiger charge is -2.27. The summed E-state index contributed by atoms with van der Waals surface area (Å²) in [5, 5.41) is 9.52. The van der Waals surface area contributed by atoms with E-state index in [1.165, 1.54) is 0 Å². The quantitative estimate of drug-likeness (QED) is 0.478. The Bertz CT molecular complexity index is 235. The maximum absolute atomic E-state index is 12.2. The molecule has 0 aromatic carbocycles. The number of aliphatic hydroxyl groups is 1. The van der Waals surface area contributed by atoms with E-state index in [1.54, 1.807) is 19.0 Å². The van der Waals surface area contributed by atoms with Crippen LogP contribution in [0.15, 0.2) is 0 Å². The van der Waals surface area contributed by atoms with Crippen LogP contribution in [0.5, 0.6) is 0 Å². The van der Waals surface area contributed by atoms with Gasteiger partial charge in [-0.05, 0) is 38.8 Å². The zero-order chi connectivity index (χ0) is 14.7. The first-order valence-corrected chi connectivity index (χ1v) is 7.15. The SMILES string of the molecule is CN(C)C(=O)C(CCCCN)[C](CO)CCCCN. The Kier molecular flexibility index (Phi) is 10.8. The highest BCUT2D eigenvalue weighted by atomic mass is 16.3. The van der Waals surface area contributed by atoms with Gasteiger partial charge in [0.05, 0.1) is 6.61 Å². The summed E-state index contributed by atoms with van der Waals surface area (Å²) in [6.07, 6.45) is 5.24. The highest BCUT2D eigenvalue weighted by Gasteiger charge is 2.28. The second-order valence-corrected chi connectivity index (χ2v) is 5.13. The van der Waals surface area contributed by atoms with Crippen molar-refractivity contribution < 1.29 is 9.90 Å². The van der Waals surface area contributed by atoms with Crippen molar-refractivity contribution in [3.63, 3.8) is 0 Å². The van der Waals surface area contributed by atoms with Crippen LogP contribution in [0.4, 0.5) is 0 Å². The second kappa shape index (κ2) is 11.2. The average molecular weight is 272 g/mol. The van der Waals surface area contributed by atoms with Gasteiger partial charge in [0.15, 0.2) is 0 Å². The van der Waals surface area contributed by atoms with Crippen LogP contribution >= 0.6 is 0 Å². The van der Waals surface area contributed by atoms with E-state index in [0.717, 1.165) is 44.4 Å². The zero-order valence-corrected chi connectivity index (χ0v) is 12.4. The van der Waals surface area contributed by atoms with Gasteiger partial charge in [-0.1, -0.05) is 12.8 Å². The van der Waals surface area contributed by atoms with Gasteiger partial charge in [-0.15, -0.1) is 0 Å². The summed E-state index contributed by atoms with van der Waals surface area (Å²) in [7, 11) is 3.51. The monoisotopic (exact) mass is 272 g/mol. The van der Waals surface area contributed by atoms with Crippen molar-refractivity contribution in [3.8, 4) is 0 Å². The van der Waals surface area contributed by atoms with Crippen LogP contribution in [0, 0.1) is 11.8 Å². The maximum Gasteiger partial charge on any atom is 0.225 e. The van der Waals surface area contributed by atoms with Crippen molar-refractivity contribution in [1.82, 2.24) is 4.90 Å². The molecule has 0 saturated carbocycles. The minimum atomic E-state index is -0.177. The molecule has 0 heterocycles. The van der Waals surface area contributed by atoms with Crippen LogP contribution < -0.4 is 11.5 Å². The number of nitrogens with zero attached hydrogens (tertiary/aromatic N) is 1. The summed E-state index contributed by atoms with van der Waals surface area (Å²) >= 11 is 0. The molecule has 1 unspecified atom stereocenters. The van der Waals surface area contributed by atoms with E-state index < -0.39 is 0 Å². The molecule has 0 aromatic rings. The van der Waals surface area contributed by atoms with Gasteiger partial charge >= 0.3 is 0 Å². The minimum absolute atomic E-state index is 0.0164. The normalized spacial score (nSPS) is 12.7. The predicted molar refractivity (Wildman–Crippen MR) is 78.3 cm³/mol. The van der Waals surface area contributed by atoms with E-state index in [1.807, 2.05) is 0 Å². The molecule has 1 amide bonds. The third-order valence-electron chi connectivity index (χ3n) is 3.33. The molecule has 0 saturated heterocycles. The predicted octanol–water partition coefficient (Wildman–Crippen LogP) is 0.516. The van der Waals surface area contributed by atoms with Crippen LogP contribution in [0.25, 0.3) is 0 Å². The van der Waals surface area contributed by atoms with Gasteiger partial charge in [-0.2, -0.15) is 0 Å². The number of hydrogen-bond donors (Lipinski definition) is 3. The fourth-order valence-electron chi connectivity index (χ4n) is 2.17. The number of carbonyl (C=O) groups excluding carboxylic acids is 1. The lowest BCUT2D eigenvalue weighted by molar-refractivity contribution is -0.133. The fourth-order valence-corrected chi connectivity index (χ4v) is 2.17. The van der Waals surface area contributed by atoms with Crippen molar-refractivity contribution >= 4 is 5.91 Å². The van der Waals surface area contributed by atoms with E-state index in [9.17, 15) is 9.90 Å². The molecule has 19 heavy (non-hydrogen) atoms. The number of carbonyl (C=O) groups is 1. The smallest absolute Gasteiger partial charge is 0.225 e. The fraction of sp³-hybridized carbons (Fsp3) is 0.857. The first kappa shape index (κ1) is 18.4. The molecule has 0 rings (SSSR count). The minimum Gasteiger partial charge on any atom is -0.396 e. The van der Waals surface area contributed by atoms with Crippen LogP contribution in [-0.4, -0.2) is 49.7 Å². The van der Waals surface area contributed by atoms with Crippen LogP contribution in [-0.2, 0) is 4.79 Å². The number of nitrogens with two attached hydrogens (primary N) is 2. The van der Waals surface area contributed by atoms with Gasteiger partial charge in [-0.3, -0.25) is 4.79 Å². The maximum atomic E-state index is 12.2. The molecule has 5 N–H and O–H groups in total. The van der Waals surface area contributed by atoms with E-state index >= 15 is 0 Å². The Balaban J connectivity index is 4.51. The number of rotatable bonds is 11. The van der Waals surface area contributed by atoms with Gasteiger partial charge in [0.25, 0.3) is 0 Å². The molecule has 113 valence electrons. The molecular weight excluding hydrogens is 242 g/mol. The summed E-state index contributed by atoms with van der Waals surface area (Å²) in [4.78, 5) is 13.8. The van der Waals surface area contributed by atoms with Crippen molar-refractivity contribution in [2.75, 3.05) is 33.8 Å². The van der Waals surface area contributed by atoms with E-state index in [4.69, 9.17) is 11.5 Å². The topological polar surface area (TPSA) is 92.6 Å². The van der Waals surface area contributed by atoms with Gasteiger partial charge < -0.3 is 21.5 Å². The first-order valence-electron chi connectivity index (χ1n) is 7.15. The lowest BCUT2D eigenvalue weighted by atomic mass is 9.84. The summed E-state index contributed by atoms with van der Waals surface area (Å²) < 4.78 is 0. The van der Waals surface area contributed by atoms with Crippen LogP contribution in [0.2, 0.25) is 0 Å². The highest BCUT2D eigenvalue weighted by Crippen LogP contribution is 2.27. The van der Waals surface area contributed by atoms with Gasteiger partial charge in [-0.25, -0.2) is 0 Å². The van der Waals surface area contributed by atoms with Gasteiger partial charge in [0.1, 0.15) is 0 Å². The highest BCUT2D eigenvalue weighted by molar-refractivity contribution is 5.80. The van der Waals surface area contributed by atoms with Crippen molar-refractivity contribution in [1.29, 1.82) is 0 Å². The standard InChI is InChI=1S/C14H30N3O2/c1-17(2)14(19)13(8-4-6-10-16)12(11-18)7-3-5-9-15/h13,18H,3-11,15-16H2,1-2H3. The van der Waals surface area contributed by atoms with Crippen molar-refractivity contribution in [2.24, 2.45) is 17.4 Å². The molecule has 0 aliphatic heterocycles. The van der Waals surface area contributed by atoms with E-state index in [-0.39, 0.29) is 18.4 Å². The molecule has 1 radical (unpaired) electrons. The summed E-state index contributed by atoms with van der Waals surface area (Å²) in [6, 6.07) is 0. The third kappa shape index (κ3) is 7.50. The number of amides is 1. The lowest BCUT2D eigenvalue weighted by Crippen LogP contribution is -2.35. The molecule has 0 aliphatic rings. The molecule has 0 bridgehead atoms. The molecule has 0 spiro atoms. The Morgan fingerprint density at radius 2 is 1.68 bits per heavy atom. The molecule has 0 fully saturated rings. The largest absolute Gasteiger partial charge is 0.396 e. The summed E-state index contributed by atoms with van der Waals surface area (Å²) in [5.41, 5.74) is 11.0. The molecule has 5 heteroatoms. The van der Waals surface area contributed by atoms with Crippen LogP contribution in [0.3, 0.4) is 0 Å². The Morgan fingerprint density at radius 3 is 2.16 bits per heavy atom.